The van der Waals surface area contributed by atoms with E-state index in [1.807, 2.05) is 0 Å². The Balaban J connectivity index is 1.60. The molecule has 2 unspecified atom stereocenters. The number of carbonyl (C=O) groups is 2. The third-order valence-corrected chi connectivity index (χ3v) is 8.96. The maximum Gasteiger partial charge on any atom is 0.510 e. The Kier molecular flexibility index (Phi) is 8.15. The molecule has 4 nitrogen and oxygen atoms in total. The van der Waals surface area contributed by atoms with Gasteiger partial charge in [-0.25, -0.2) is 4.79 Å². The lowest BCUT2D eigenvalue weighted by atomic mass is 9.47. The molecule has 0 bridgehead atoms. The number of hydrogen-bond donors (Lipinski definition) is 0. The molecular formula is C25H41ClO4. The molecule has 0 amide bonds. The minimum Gasteiger partial charge on any atom is -0.431 e. The van der Waals surface area contributed by atoms with Gasteiger partial charge < -0.3 is 9.47 Å². The van der Waals surface area contributed by atoms with Gasteiger partial charge in [-0.05, 0) is 101 Å². The summed E-state index contributed by atoms with van der Waals surface area (Å²) in [7, 11) is 0. The number of hydrogen-bond acceptors (Lipinski definition) is 4. The van der Waals surface area contributed by atoms with Crippen LogP contribution in [0, 0.1) is 35.0 Å². The van der Waals surface area contributed by atoms with E-state index in [9.17, 15) is 9.59 Å². The molecule has 0 aliphatic heterocycles. The molecule has 0 radical (unpaired) electrons. The van der Waals surface area contributed by atoms with Crippen LogP contribution in [0.4, 0.5) is 4.79 Å². The summed E-state index contributed by atoms with van der Waals surface area (Å²) < 4.78 is 10.5. The summed E-state index contributed by atoms with van der Waals surface area (Å²) in [5.41, 5.74) is -0.299. The first-order valence-electron chi connectivity index (χ1n) is 12.3. The zero-order valence-corrected chi connectivity index (χ0v) is 20.1. The Bertz CT molecular complexity index is 606. The van der Waals surface area contributed by atoms with Crippen molar-refractivity contribution in [2.24, 2.45) is 35.0 Å². The van der Waals surface area contributed by atoms with Gasteiger partial charge in [0.15, 0.2) is 5.56 Å². The van der Waals surface area contributed by atoms with Crippen LogP contribution in [-0.4, -0.2) is 23.6 Å². The SMILES string of the molecule is CCC(CC[C@@H]1CCC[C@H]2[C@H]1CC[C@H]1C[C@H](OC(=O)OC(C)Cl)CC[C@@]12C)C(C)=O. The molecular weight excluding hydrogens is 400 g/mol. The predicted octanol–water partition coefficient (Wildman–Crippen LogP) is 7.12. The summed E-state index contributed by atoms with van der Waals surface area (Å²) in [5.74, 6) is 3.61. The summed E-state index contributed by atoms with van der Waals surface area (Å²) >= 11 is 5.74. The number of carbonyl (C=O) groups excluding carboxylic acids is 2. The average molecular weight is 441 g/mol. The van der Waals surface area contributed by atoms with Crippen molar-refractivity contribution < 1.29 is 19.1 Å². The third kappa shape index (κ3) is 5.34. The molecule has 3 fully saturated rings. The Morgan fingerprint density at radius 1 is 1.17 bits per heavy atom. The lowest BCUT2D eigenvalue weighted by molar-refractivity contribution is -0.121. The van der Waals surface area contributed by atoms with Crippen molar-refractivity contribution in [3.63, 3.8) is 0 Å². The van der Waals surface area contributed by atoms with Crippen molar-refractivity contribution in [1.29, 1.82) is 0 Å². The van der Waals surface area contributed by atoms with Crippen LogP contribution in [0.5, 0.6) is 0 Å². The molecule has 172 valence electrons. The zero-order valence-electron chi connectivity index (χ0n) is 19.3. The minimum absolute atomic E-state index is 0.0391. The number of ketones is 1. The molecule has 3 aliphatic carbocycles. The van der Waals surface area contributed by atoms with Crippen molar-refractivity contribution in [3.8, 4) is 0 Å². The standard InChI is InChI=1S/C25H41ClO4/c1-5-18(16(2)27)9-10-19-7-6-8-23-22(19)12-11-20-15-21(13-14-25(20,23)4)30-24(28)29-17(3)26/h17-23H,5-15H2,1-4H3/t17?,18?,19-,20-,21+,22-,23-,25-/m0/s1. The van der Waals surface area contributed by atoms with Crippen molar-refractivity contribution in [3.05, 3.63) is 0 Å². The number of alkyl halides is 1. The van der Waals surface area contributed by atoms with Gasteiger partial charge in [-0.3, -0.25) is 4.79 Å². The maximum atomic E-state index is 11.9. The highest BCUT2D eigenvalue weighted by Crippen LogP contribution is 2.60. The molecule has 0 aromatic rings. The van der Waals surface area contributed by atoms with Gasteiger partial charge in [0.2, 0.25) is 0 Å². The molecule has 0 aromatic carbocycles. The quantitative estimate of drug-likeness (QED) is 0.312. The van der Waals surface area contributed by atoms with Gasteiger partial charge in [0, 0.05) is 5.92 Å². The van der Waals surface area contributed by atoms with Crippen LogP contribution in [0.25, 0.3) is 0 Å². The summed E-state index contributed by atoms with van der Waals surface area (Å²) in [5, 5.41) is 0. The fourth-order valence-corrected chi connectivity index (χ4v) is 7.27. The molecule has 0 heterocycles. The molecule has 0 N–H and O–H groups in total. The van der Waals surface area contributed by atoms with E-state index >= 15 is 0 Å². The van der Waals surface area contributed by atoms with Gasteiger partial charge >= 0.3 is 6.16 Å². The molecule has 8 atom stereocenters. The Morgan fingerprint density at radius 3 is 2.60 bits per heavy atom. The van der Waals surface area contributed by atoms with Crippen molar-refractivity contribution in [1.82, 2.24) is 0 Å². The van der Waals surface area contributed by atoms with Gasteiger partial charge in [-0.2, -0.15) is 0 Å². The second-order valence-corrected chi connectivity index (χ2v) is 11.1. The highest BCUT2D eigenvalue weighted by atomic mass is 35.5. The smallest absolute Gasteiger partial charge is 0.431 e. The van der Waals surface area contributed by atoms with Crippen LogP contribution in [0.1, 0.15) is 98.3 Å². The minimum atomic E-state index is -0.656. The van der Waals surface area contributed by atoms with Gasteiger partial charge in [0.05, 0.1) is 0 Å². The lowest BCUT2D eigenvalue weighted by Crippen LogP contribution is -2.51. The lowest BCUT2D eigenvalue weighted by Gasteiger charge is -2.58. The first-order chi connectivity index (χ1) is 14.2. The summed E-state index contributed by atoms with van der Waals surface area (Å²) in [4.78, 5) is 23.8. The summed E-state index contributed by atoms with van der Waals surface area (Å²) in [6.07, 6.45) is 12.1. The van der Waals surface area contributed by atoms with Crippen LogP contribution in [0.15, 0.2) is 0 Å². The number of ether oxygens (including phenoxy) is 2. The predicted molar refractivity (Wildman–Crippen MR) is 119 cm³/mol. The largest absolute Gasteiger partial charge is 0.510 e. The first-order valence-corrected chi connectivity index (χ1v) is 12.7. The summed E-state index contributed by atoms with van der Waals surface area (Å²) in [6, 6.07) is 0. The second-order valence-electron chi connectivity index (χ2n) is 10.5. The van der Waals surface area contributed by atoms with Gasteiger partial charge in [-0.15, -0.1) is 0 Å². The molecule has 3 saturated carbocycles. The fraction of sp³-hybridized carbons (Fsp3) is 0.920. The zero-order chi connectivity index (χ0) is 21.9. The van der Waals surface area contributed by atoms with E-state index in [4.69, 9.17) is 21.1 Å². The topological polar surface area (TPSA) is 52.6 Å². The first kappa shape index (κ1) is 23.9. The number of fused-ring (bicyclic) bond motifs is 3. The monoisotopic (exact) mass is 440 g/mol. The van der Waals surface area contributed by atoms with Crippen LogP contribution in [-0.2, 0) is 14.3 Å². The van der Waals surface area contributed by atoms with E-state index in [0.717, 1.165) is 49.9 Å². The van der Waals surface area contributed by atoms with Crippen molar-refractivity contribution in [2.75, 3.05) is 0 Å². The molecule has 0 saturated heterocycles. The maximum absolute atomic E-state index is 11.9. The normalized spacial score (nSPS) is 38.0. The molecule has 5 heteroatoms. The Morgan fingerprint density at radius 2 is 1.93 bits per heavy atom. The van der Waals surface area contributed by atoms with Gasteiger partial charge in [0.25, 0.3) is 0 Å². The summed E-state index contributed by atoms with van der Waals surface area (Å²) in [6.45, 7) is 8.04. The molecule has 30 heavy (non-hydrogen) atoms. The highest BCUT2D eigenvalue weighted by Gasteiger charge is 2.53. The van der Waals surface area contributed by atoms with Crippen LogP contribution >= 0.6 is 11.6 Å². The van der Waals surface area contributed by atoms with Gasteiger partial charge in [0.1, 0.15) is 11.9 Å². The van der Waals surface area contributed by atoms with E-state index in [1.54, 1.807) is 13.8 Å². The van der Waals surface area contributed by atoms with Crippen LogP contribution in [0.2, 0.25) is 0 Å². The van der Waals surface area contributed by atoms with Gasteiger partial charge in [-0.1, -0.05) is 38.3 Å². The highest BCUT2D eigenvalue weighted by molar-refractivity contribution is 6.19. The average Bonchev–Trinajstić information content (AvgIpc) is 2.68. The van der Waals surface area contributed by atoms with E-state index in [2.05, 4.69) is 13.8 Å². The Hall–Kier alpha value is -0.770. The molecule has 3 rings (SSSR count). The molecule has 0 aromatic heterocycles. The number of halogens is 1. The van der Waals surface area contributed by atoms with E-state index in [-0.39, 0.29) is 12.0 Å². The number of rotatable bonds is 7. The van der Waals surface area contributed by atoms with Crippen molar-refractivity contribution >= 4 is 23.5 Å². The van der Waals surface area contributed by atoms with E-state index in [1.165, 1.54) is 38.5 Å². The molecule has 3 aliphatic rings. The van der Waals surface area contributed by atoms with Crippen LogP contribution in [0.3, 0.4) is 0 Å². The fourth-order valence-electron chi connectivity index (χ4n) is 7.19. The number of Topliss-reactive ketones (excluding diaryl/α,β-unsaturated/α-hetero) is 1. The van der Waals surface area contributed by atoms with Crippen LogP contribution < -0.4 is 0 Å². The van der Waals surface area contributed by atoms with E-state index in [0.29, 0.717) is 17.1 Å². The van der Waals surface area contributed by atoms with E-state index < -0.39 is 11.7 Å². The third-order valence-electron chi connectivity index (χ3n) is 8.87. The molecule has 0 spiro atoms. The van der Waals surface area contributed by atoms with Crippen molar-refractivity contribution in [2.45, 2.75) is 110 Å². The second kappa shape index (κ2) is 10.2. The Labute approximate surface area is 187 Å².